The maximum atomic E-state index is 12.1. The maximum Gasteiger partial charge on any atom is 0.329 e. The lowest BCUT2D eigenvalue weighted by Gasteiger charge is -2.28. The van der Waals surface area contributed by atoms with E-state index in [0.717, 1.165) is 0 Å². The van der Waals surface area contributed by atoms with Gasteiger partial charge in [0.25, 0.3) is 0 Å². The molecular formula is C14H17Cl2NO3. The lowest BCUT2D eigenvalue weighted by molar-refractivity contribution is -0.148. The summed E-state index contributed by atoms with van der Waals surface area (Å²) < 4.78 is 0. The zero-order valence-electron chi connectivity index (χ0n) is 11.4. The Bertz CT molecular complexity index is 493. The molecule has 1 aromatic carbocycles. The molecule has 0 saturated carbocycles. The molecule has 0 radical (unpaired) electrons. The van der Waals surface area contributed by atoms with Gasteiger partial charge in [0, 0.05) is 10.0 Å². The number of nitrogens with one attached hydrogen (secondary N) is 1. The van der Waals surface area contributed by atoms with Crippen LogP contribution in [-0.2, 0) is 16.0 Å². The summed E-state index contributed by atoms with van der Waals surface area (Å²) in [5, 5.41) is 12.6. The molecule has 0 heterocycles. The molecule has 110 valence electrons. The van der Waals surface area contributed by atoms with E-state index >= 15 is 0 Å². The molecule has 20 heavy (non-hydrogen) atoms. The fraction of sp³-hybridized carbons (Fsp3) is 0.429. The third-order valence-electron chi connectivity index (χ3n) is 3.39. The molecule has 0 aliphatic carbocycles. The van der Waals surface area contributed by atoms with Crippen molar-refractivity contribution >= 4 is 35.1 Å². The molecular weight excluding hydrogens is 301 g/mol. The molecule has 1 amide bonds. The van der Waals surface area contributed by atoms with Crippen LogP contribution in [0.1, 0.15) is 32.3 Å². The summed E-state index contributed by atoms with van der Waals surface area (Å²) in [6.07, 6.45) is 0.565. The lowest BCUT2D eigenvalue weighted by atomic mass is 9.92. The normalized spacial score (nSPS) is 11.2. The van der Waals surface area contributed by atoms with Gasteiger partial charge in [0.2, 0.25) is 5.91 Å². The first-order valence-corrected chi connectivity index (χ1v) is 7.09. The van der Waals surface area contributed by atoms with Crippen molar-refractivity contribution in [3.63, 3.8) is 0 Å². The second-order valence-corrected chi connectivity index (χ2v) is 5.33. The minimum Gasteiger partial charge on any atom is -0.480 e. The molecule has 0 aromatic heterocycles. The van der Waals surface area contributed by atoms with Gasteiger partial charge in [-0.05, 0) is 30.5 Å². The summed E-state index contributed by atoms with van der Waals surface area (Å²) in [5.74, 6) is -1.45. The van der Waals surface area contributed by atoms with Gasteiger partial charge < -0.3 is 10.4 Å². The number of halogens is 2. The number of benzene rings is 1. The standard InChI is InChI=1S/C14H17Cl2NO3/c1-3-14(4-2,13(19)20)17-12(18)8-9-10(15)6-5-7-11(9)16/h5-7H,3-4,8H2,1-2H3,(H,17,18)(H,19,20). The Balaban J connectivity index is 2.89. The van der Waals surface area contributed by atoms with Crippen LogP contribution in [0.15, 0.2) is 18.2 Å². The third-order valence-corrected chi connectivity index (χ3v) is 4.10. The summed E-state index contributed by atoms with van der Waals surface area (Å²) in [6, 6.07) is 4.96. The van der Waals surface area contributed by atoms with Gasteiger partial charge in [0.15, 0.2) is 0 Å². The fourth-order valence-electron chi connectivity index (χ4n) is 1.96. The molecule has 0 bridgehead atoms. The molecule has 2 N–H and O–H groups in total. The van der Waals surface area contributed by atoms with Crippen LogP contribution in [0.2, 0.25) is 10.0 Å². The number of carboxylic acids is 1. The first-order chi connectivity index (χ1) is 9.36. The number of amides is 1. The molecule has 0 unspecified atom stereocenters. The average molecular weight is 318 g/mol. The van der Waals surface area contributed by atoms with Crippen LogP contribution in [0.4, 0.5) is 0 Å². The van der Waals surface area contributed by atoms with Crippen molar-refractivity contribution in [1.29, 1.82) is 0 Å². The van der Waals surface area contributed by atoms with Gasteiger partial charge in [0.1, 0.15) is 5.54 Å². The summed E-state index contributed by atoms with van der Waals surface area (Å²) in [7, 11) is 0. The average Bonchev–Trinajstić information content (AvgIpc) is 2.40. The van der Waals surface area contributed by atoms with E-state index in [1.165, 1.54) is 0 Å². The predicted octanol–water partition coefficient (Wildman–Crippen LogP) is 3.30. The van der Waals surface area contributed by atoms with Crippen molar-refractivity contribution in [1.82, 2.24) is 5.32 Å². The quantitative estimate of drug-likeness (QED) is 0.846. The highest BCUT2D eigenvalue weighted by molar-refractivity contribution is 6.36. The Morgan fingerprint density at radius 3 is 2.10 bits per heavy atom. The van der Waals surface area contributed by atoms with Crippen LogP contribution < -0.4 is 5.32 Å². The second-order valence-electron chi connectivity index (χ2n) is 4.52. The summed E-state index contributed by atoms with van der Waals surface area (Å²) in [6.45, 7) is 3.45. The SMILES string of the molecule is CCC(CC)(NC(=O)Cc1c(Cl)cccc1Cl)C(=O)O. The summed E-state index contributed by atoms with van der Waals surface area (Å²) in [5.41, 5.74) is -0.745. The number of carbonyl (C=O) groups excluding carboxylic acids is 1. The van der Waals surface area contributed by atoms with Crippen molar-refractivity contribution in [3.05, 3.63) is 33.8 Å². The van der Waals surface area contributed by atoms with E-state index in [4.69, 9.17) is 23.2 Å². The van der Waals surface area contributed by atoms with E-state index in [0.29, 0.717) is 28.5 Å². The van der Waals surface area contributed by atoms with Gasteiger partial charge >= 0.3 is 5.97 Å². The van der Waals surface area contributed by atoms with Gasteiger partial charge in [0.05, 0.1) is 6.42 Å². The number of carboxylic acid groups (broad SMARTS) is 1. The highest BCUT2D eigenvalue weighted by atomic mass is 35.5. The zero-order chi connectivity index (χ0) is 15.3. The van der Waals surface area contributed by atoms with E-state index in [2.05, 4.69) is 5.32 Å². The predicted molar refractivity (Wildman–Crippen MR) is 79.3 cm³/mol. The van der Waals surface area contributed by atoms with Gasteiger partial charge in [-0.25, -0.2) is 4.79 Å². The largest absolute Gasteiger partial charge is 0.480 e. The number of carbonyl (C=O) groups is 2. The number of aliphatic carboxylic acids is 1. The molecule has 1 rings (SSSR count). The molecule has 4 nitrogen and oxygen atoms in total. The first kappa shape index (κ1) is 16.8. The van der Waals surface area contributed by atoms with E-state index in [1.807, 2.05) is 0 Å². The van der Waals surface area contributed by atoms with Crippen LogP contribution in [0, 0.1) is 0 Å². The summed E-state index contributed by atoms with van der Waals surface area (Å²) >= 11 is 12.0. The van der Waals surface area contributed by atoms with Crippen LogP contribution in [0.25, 0.3) is 0 Å². The van der Waals surface area contributed by atoms with Crippen molar-refractivity contribution < 1.29 is 14.7 Å². The molecule has 0 saturated heterocycles. The highest BCUT2D eigenvalue weighted by Crippen LogP contribution is 2.25. The Hall–Kier alpha value is -1.26. The van der Waals surface area contributed by atoms with Crippen LogP contribution in [0.3, 0.4) is 0 Å². The van der Waals surface area contributed by atoms with Crippen molar-refractivity contribution in [2.45, 2.75) is 38.6 Å². The number of rotatable bonds is 6. The molecule has 0 aliphatic rings. The summed E-state index contributed by atoms with van der Waals surface area (Å²) in [4.78, 5) is 23.4. The first-order valence-electron chi connectivity index (χ1n) is 6.33. The van der Waals surface area contributed by atoms with Crippen molar-refractivity contribution in [2.24, 2.45) is 0 Å². The molecule has 6 heteroatoms. The Morgan fingerprint density at radius 1 is 1.20 bits per heavy atom. The molecule has 0 fully saturated rings. The molecule has 0 spiro atoms. The van der Waals surface area contributed by atoms with E-state index in [9.17, 15) is 14.7 Å². The monoisotopic (exact) mass is 317 g/mol. The zero-order valence-corrected chi connectivity index (χ0v) is 12.9. The van der Waals surface area contributed by atoms with Crippen molar-refractivity contribution in [2.75, 3.05) is 0 Å². The van der Waals surface area contributed by atoms with E-state index in [1.54, 1.807) is 32.0 Å². The van der Waals surface area contributed by atoms with Gasteiger partial charge in [-0.15, -0.1) is 0 Å². The van der Waals surface area contributed by atoms with Gasteiger partial charge in [-0.3, -0.25) is 4.79 Å². The van der Waals surface area contributed by atoms with E-state index in [-0.39, 0.29) is 6.42 Å². The molecule has 1 aromatic rings. The van der Waals surface area contributed by atoms with Crippen LogP contribution in [0.5, 0.6) is 0 Å². The Kier molecular flexibility index (Phi) is 5.84. The second kappa shape index (κ2) is 6.95. The topological polar surface area (TPSA) is 66.4 Å². The minimum absolute atomic E-state index is 0.0481. The molecule has 0 aliphatic heterocycles. The number of hydrogen-bond donors (Lipinski definition) is 2. The van der Waals surface area contributed by atoms with Gasteiger partial charge in [-0.1, -0.05) is 43.1 Å². The minimum atomic E-state index is -1.25. The number of hydrogen-bond acceptors (Lipinski definition) is 2. The van der Waals surface area contributed by atoms with Gasteiger partial charge in [-0.2, -0.15) is 0 Å². The highest BCUT2D eigenvalue weighted by Gasteiger charge is 2.36. The Labute approximate surface area is 128 Å². The molecule has 0 atom stereocenters. The fourth-order valence-corrected chi connectivity index (χ4v) is 2.49. The van der Waals surface area contributed by atoms with Crippen LogP contribution in [-0.4, -0.2) is 22.5 Å². The lowest BCUT2D eigenvalue weighted by Crippen LogP contribution is -2.54. The third kappa shape index (κ3) is 3.64. The van der Waals surface area contributed by atoms with Crippen molar-refractivity contribution in [3.8, 4) is 0 Å². The van der Waals surface area contributed by atoms with Crippen LogP contribution >= 0.6 is 23.2 Å². The smallest absolute Gasteiger partial charge is 0.329 e. The Morgan fingerprint density at radius 2 is 1.70 bits per heavy atom. The van der Waals surface area contributed by atoms with E-state index < -0.39 is 17.4 Å². The maximum absolute atomic E-state index is 12.1.